The molecule has 0 unspecified atom stereocenters. The average molecular weight is 799 g/mol. The molecule has 0 bridgehead atoms. The smallest absolute Gasteiger partial charge is 0.135 e. The van der Waals surface area contributed by atoms with Crippen LogP contribution in [-0.2, 0) is 10.8 Å². The first-order chi connectivity index (χ1) is 30.2. The molecule has 1 aliphatic rings. The normalized spacial score (nSPS) is 14.3. The number of aromatic nitrogens is 1. The summed E-state index contributed by atoms with van der Waals surface area (Å²) < 4.78 is 8.89. The fourth-order valence-electron chi connectivity index (χ4n) is 10.9. The van der Waals surface area contributed by atoms with Crippen LogP contribution in [0.3, 0.4) is 0 Å². The third-order valence-corrected chi connectivity index (χ3v) is 13.6. The Balaban J connectivity index is 0.945. The lowest BCUT2D eigenvalue weighted by molar-refractivity contribution is 0.403. The lowest BCUT2D eigenvalue weighted by Gasteiger charge is -2.28. The summed E-state index contributed by atoms with van der Waals surface area (Å²) in [6, 6.07) is 71.0. The molecule has 0 aliphatic heterocycles. The highest BCUT2D eigenvalue weighted by Crippen LogP contribution is 2.52. The molecule has 2 aromatic heterocycles. The van der Waals surface area contributed by atoms with E-state index >= 15 is 0 Å². The van der Waals surface area contributed by atoms with Gasteiger partial charge in [-0.1, -0.05) is 155 Å². The molecular weight excluding hydrogens is 753 g/mol. The molecule has 62 heavy (non-hydrogen) atoms. The van der Waals surface area contributed by atoms with Gasteiger partial charge in [0.15, 0.2) is 0 Å². The van der Waals surface area contributed by atoms with Gasteiger partial charge in [-0.05, 0) is 123 Å². The molecule has 0 amide bonds. The molecular formula is C59H46N2O. The lowest BCUT2D eigenvalue weighted by Crippen LogP contribution is -2.17. The van der Waals surface area contributed by atoms with Crippen molar-refractivity contribution >= 4 is 71.6 Å². The Morgan fingerprint density at radius 2 is 1.00 bits per heavy atom. The number of nitrogens with zero attached hydrogens (tertiary/aromatic N) is 2. The quantitative estimate of drug-likeness (QED) is 0.167. The second-order valence-electron chi connectivity index (χ2n) is 18.5. The molecule has 3 heteroatoms. The van der Waals surface area contributed by atoms with E-state index in [-0.39, 0.29) is 10.8 Å². The summed E-state index contributed by atoms with van der Waals surface area (Å²) in [4.78, 5) is 2.45. The number of furan rings is 1. The number of para-hydroxylation sites is 3. The van der Waals surface area contributed by atoms with E-state index in [1.165, 1.54) is 76.7 Å². The largest absolute Gasteiger partial charge is 0.456 e. The van der Waals surface area contributed by atoms with Gasteiger partial charge in [-0.25, -0.2) is 0 Å². The topological polar surface area (TPSA) is 21.3 Å². The third kappa shape index (κ3) is 5.65. The van der Waals surface area contributed by atoms with Crippen LogP contribution in [0.1, 0.15) is 45.2 Å². The van der Waals surface area contributed by atoms with Crippen molar-refractivity contribution < 1.29 is 4.42 Å². The zero-order chi connectivity index (χ0) is 41.7. The van der Waals surface area contributed by atoms with Gasteiger partial charge in [0.2, 0.25) is 0 Å². The van der Waals surface area contributed by atoms with Crippen molar-refractivity contribution in [1.29, 1.82) is 0 Å². The van der Waals surface area contributed by atoms with Crippen molar-refractivity contribution in [2.75, 3.05) is 4.90 Å². The summed E-state index contributed by atoms with van der Waals surface area (Å²) in [6.45, 7) is 9.48. The second-order valence-corrected chi connectivity index (χ2v) is 18.5. The van der Waals surface area contributed by atoms with Crippen LogP contribution in [0.15, 0.2) is 199 Å². The molecule has 0 saturated heterocycles. The Morgan fingerprint density at radius 3 is 1.77 bits per heavy atom. The van der Waals surface area contributed by atoms with Crippen molar-refractivity contribution in [2.24, 2.45) is 0 Å². The predicted molar refractivity (Wildman–Crippen MR) is 262 cm³/mol. The van der Waals surface area contributed by atoms with Crippen LogP contribution in [0, 0.1) is 0 Å². The SMILES string of the molecule is CC1(C)CC(C)(C)c2cc3c(cc21)oc1ccc(-c2ccc(-c4ccc(N(c5cccc6ccccc56)c5cccc6c7ccccc7n(-c7ccccc7)c56)cc4)cc2)cc13. The van der Waals surface area contributed by atoms with Gasteiger partial charge in [0.1, 0.15) is 11.2 Å². The third-order valence-electron chi connectivity index (χ3n) is 13.6. The van der Waals surface area contributed by atoms with Gasteiger partial charge in [-0.2, -0.15) is 0 Å². The fraction of sp³-hybridized carbons (Fsp3) is 0.119. The van der Waals surface area contributed by atoms with E-state index in [9.17, 15) is 0 Å². The number of rotatable bonds is 6. The lowest BCUT2D eigenvalue weighted by atomic mass is 9.82. The van der Waals surface area contributed by atoms with Crippen molar-refractivity contribution in [2.45, 2.75) is 44.9 Å². The Bertz CT molecular complexity index is 3530. The summed E-state index contributed by atoms with van der Waals surface area (Å²) in [5, 5.41) is 7.25. The molecule has 11 aromatic rings. The van der Waals surface area contributed by atoms with Crippen molar-refractivity contribution in [3.8, 4) is 27.9 Å². The molecule has 12 rings (SSSR count). The summed E-state index contributed by atoms with van der Waals surface area (Å²) in [7, 11) is 0. The van der Waals surface area contributed by atoms with Crippen LogP contribution in [-0.4, -0.2) is 4.57 Å². The predicted octanol–water partition coefficient (Wildman–Crippen LogP) is 16.6. The number of benzene rings is 9. The average Bonchev–Trinajstić information content (AvgIpc) is 3.90. The number of hydrogen-bond acceptors (Lipinski definition) is 2. The van der Waals surface area contributed by atoms with Crippen molar-refractivity contribution in [1.82, 2.24) is 4.57 Å². The van der Waals surface area contributed by atoms with Gasteiger partial charge in [-0.15, -0.1) is 0 Å². The first-order valence-electron chi connectivity index (χ1n) is 21.8. The second kappa shape index (κ2) is 13.6. The maximum atomic E-state index is 6.47. The molecule has 0 radical (unpaired) electrons. The van der Waals surface area contributed by atoms with E-state index in [2.05, 4.69) is 231 Å². The minimum Gasteiger partial charge on any atom is -0.456 e. The first kappa shape index (κ1) is 36.5. The molecule has 298 valence electrons. The van der Waals surface area contributed by atoms with Gasteiger partial charge in [0, 0.05) is 38.3 Å². The van der Waals surface area contributed by atoms with Crippen LogP contribution in [0.2, 0.25) is 0 Å². The summed E-state index contributed by atoms with van der Waals surface area (Å²) >= 11 is 0. The van der Waals surface area contributed by atoms with E-state index in [4.69, 9.17) is 4.42 Å². The Morgan fingerprint density at radius 1 is 0.435 bits per heavy atom. The minimum atomic E-state index is 0.133. The molecule has 2 heterocycles. The Kier molecular flexibility index (Phi) is 7.99. The molecule has 0 spiro atoms. The summed E-state index contributed by atoms with van der Waals surface area (Å²) in [5.74, 6) is 0. The molecule has 3 nitrogen and oxygen atoms in total. The molecule has 0 fully saturated rings. The van der Waals surface area contributed by atoms with Crippen molar-refractivity contribution in [3.05, 3.63) is 205 Å². The molecule has 0 N–H and O–H groups in total. The van der Waals surface area contributed by atoms with Crippen LogP contribution < -0.4 is 4.90 Å². The Labute approximate surface area is 362 Å². The van der Waals surface area contributed by atoms with Gasteiger partial charge in [-0.3, -0.25) is 0 Å². The number of anilines is 3. The van der Waals surface area contributed by atoms with E-state index in [1.807, 2.05) is 0 Å². The minimum absolute atomic E-state index is 0.133. The van der Waals surface area contributed by atoms with Gasteiger partial charge < -0.3 is 13.9 Å². The molecule has 0 atom stereocenters. The van der Waals surface area contributed by atoms with Crippen molar-refractivity contribution in [3.63, 3.8) is 0 Å². The molecule has 0 saturated carbocycles. The zero-order valence-corrected chi connectivity index (χ0v) is 35.5. The maximum absolute atomic E-state index is 6.47. The zero-order valence-electron chi connectivity index (χ0n) is 35.5. The van der Waals surface area contributed by atoms with E-state index in [0.717, 1.165) is 40.3 Å². The highest BCUT2D eigenvalue weighted by molar-refractivity contribution is 6.15. The summed E-state index contributed by atoms with van der Waals surface area (Å²) in [6.07, 6.45) is 1.14. The van der Waals surface area contributed by atoms with Crippen LogP contribution in [0.25, 0.3) is 82.5 Å². The first-order valence-corrected chi connectivity index (χ1v) is 21.8. The van der Waals surface area contributed by atoms with Gasteiger partial charge in [0.25, 0.3) is 0 Å². The fourth-order valence-corrected chi connectivity index (χ4v) is 10.9. The van der Waals surface area contributed by atoms with E-state index < -0.39 is 0 Å². The molecule has 9 aromatic carbocycles. The molecule has 1 aliphatic carbocycles. The van der Waals surface area contributed by atoms with Crippen LogP contribution >= 0.6 is 0 Å². The van der Waals surface area contributed by atoms with E-state index in [0.29, 0.717) is 0 Å². The van der Waals surface area contributed by atoms with Crippen LogP contribution in [0.4, 0.5) is 17.1 Å². The number of fused-ring (bicyclic) bond motifs is 8. The summed E-state index contributed by atoms with van der Waals surface area (Å²) in [5.41, 5.74) is 16.6. The van der Waals surface area contributed by atoms with Gasteiger partial charge >= 0.3 is 0 Å². The highest BCUT2D eigenvalue weighted by atomic mass is 16.3. The highest BCUT2D eigenvalue weighted by Gasteiger charge is 2.42. The maximum Gasteiger partial charge on any atom is 0.135 e. The number of hydrogen-bond donors (Lipinski definition) is 0. The Hall–Kier alpha value is -7.36. The monoisotopic (exact) mass is 798 g/mol. The van der Waals surface area contributed by atoms with E-state index in [1.54, 1.807) is 0 Å². The standard InChI is InChI=1S/C59H46N2O/c1-58(2)37-59(3,4)51-36-56-49(35-50(51)58)48-34-42(30-33-55(48)62-56)40-26-24-38(25-27-40)39-28-31-44(32-29-39)60(52-22-12-15-41-14-8-9-18-45(41)52)54-23-13-20-47-46-19-10-11-21-53(46)61(57(47)54)43-16-6-5-7-17-43/h5-36H,37H2,1-4H3. The van der Waals surface area contributed by atoms with Crippen LogP contribution in [0.5, 0.6) is 0 Å². The van der Waals surface area contributed by atoms with Gasteiger partial charge in [0.05, 0.1) is 22.4 Å².